The lowest BCUT2D eigenvalue weighted by Crippen LogP contribution is -2.38. The van der Waals surface area contributed by atoms with E-state index in [2.05, 4.69) is 4.98 Å². The maximum Gasteiger partial charge on any atom is 0.266 e. The molecule has 23 heavy (non-hydrogen) atoms. The van der Waals surface area contributed by atoms with E-state index in [1.54, 1.807) is 18.2 Å². The van der Waals surface area contributed by atoms with Crippen LogP contribution in [0.4, 0.5) is 4.39 Å². The van der Waals surface area contributed by atoms with Crippen LogP contribution in [0.2, 0.25) is 0 Å². The Morgan fingerprint density at radius 1 is 1.35 bits per heavy atom. The normalized spacial score (nSPS) is 10.5. The van der Waals surface area contributed by atoms with Gasteiger partial charge in [-0.2, -0.15) is 0 Å². The van der Waals surface area contributed by atoms with Crippen LogP contribution in [0.5, 0.6) is 0 Å². The number of primary amides is 1. The molecule has 0 radical (unpaired) electrons. The van der Waals surface area contributed by atoms with E-state index >= 15 is 0 Å². The molecule has 0 saturated carbocycles. The quantitative estimate of drug-likeness (QED) is 0.845. The third-order valence-electron chi connectivity index (χ3n) is 3.24. The second-order valence-electron chi connectivity index (χ2n) is 5.06. The molecule has 0 fully saturated rings. The molecule has 0 atom stereocenters. The first kappa shape index (κ1) is 17.1. The van der Waals surface area contributed by atoms with E-state index in [1.165, 1.54) is 17.2 Å². The van der Waals surface area contributed by atoms with E-state index in [-0.39, 0.29) is 18.3 Å². The summed E-state index contributed by atoms with van der Waals surface area (Å²) in [4.78, 5) is 29.6. The average molecular weight is 335 g/mol. The van der Waals surface area contributed by atoms with Gasteiger partial charge >= 0.3 is 0 Å². The van der Waals surface area contributed by atoms with Gasteiger partial charge in [-0.3, -0.25) is 9.59 Å². The van der Waals surface area contributed by atoms with Gasteiger partial charge in [0.15, 0.2) is 0 Å². The number of halogens is 1. The SMILES string of the molecule is CCCCN(CC(N)=O)C(=O)c1cnc(-c2ccccc2F)s1. The van der Waals surface area contributed by atoms with Gasteiger partial charge in [0.2, 0.25) is 5.91 Å². The van der Waals surface area contributed by atoms with Gasteiger partial charge in [-0.05, 0) is 18.6 Å². The Hall–Kier alpha value is -2.28. The van der Waals surface area contributed by atoms with Gasteiger partial charge in [0.05, 0.1) is 12.7 Å². The van der Waals surface area contributed by atoms with Crippen LogP contribution in [-0.4, -0.2) is 34.8 Å². The summed E-state index contributed by atoms with van der Waals surface area (Å²) in [5.74, 6) is -1.26. The summed E-state index contributed by atoms with van der Waals surface area (Å²) >= 11 is 1.10. The molecule has 1 aromatic heterocycles. The van der Waals surface area contributed by atoms with Crippen LogP contribution in [0.15, 0.2) is 30.5 Å². The molecule has 2 aromatic rings. The van der Waals surface area contributed by atoms with Crippen LogP contribution >= 0.6 is 11.3 Å². The molecule has 1 heterocycles. The number of nitrogens with two attached hydrogens (primary N) is 1. The first-order valence-corrected chi connectivity index (χ1v) is 8.13. The van der Waals surface area contributed by atoms with Crippen molar-refractivity contribution in [1.29, 1.82) is 0 Å². The summed E-state index contributed by atoms with van der Waals surface area (Å²) in [5.41, 5.74) is 5.56. The highest BCUT2D eigenvalue weighted by Crippen LogP contribution is 2.28. The van der Waals surface area contributed by atoms with E-state index in [1.807, 2.05) is 6.92 Å². The van der Waals surface area contributed by atoms with Crippen molar-refractivity contribution in [2.75, 3.05) is 13.1 Å². The predicted molar refractivity (Wildman–Crippen MR) is 87.5 cm³/mol. The molecule has 0 spiro atoms. The molecule has 0 bridgehead atoms. The van der Waals surface area contributed by atoms with Crippen molar-refractivity contribution in [3.05, 3.63) is 41.2 Å². The molecular formula is C16H18FN3O2S. The Kier molecular flexibility index (Phi) is 5.81. The van der Waals surface area contributed by atoms with Gasteiger partial charge in [-0.15, -0.1) is 11.3 Å². The number of carbonyl (C=O) groups is 2. The Labute approximate surface area is 137 Å². The molecule has 0 unspecified atom stereocenters. The smallest absolute Gasteiger partial charge is 0.266 e. The molecule has 2 N–H and O–H groups in total. The molecular weight excluding hydrogens is 317 g/mol. The molecule has 2 rings (SSSR count). The van der Waals surface area contributed by atoms with Crippen LogP contribution in [-0.2, 0) is 4.79 Å². The van der Waals surface area contributed by atoms with Crippen molar-refractivity contribution < 1.29 is 14.0 Å². The number of hydrogen-bond donors (Lipinski definition) is 1. The highest BCUT2D eigenvalue weighted by atomic mass is 32.1. The highest BCUT2D eigenvalue weighted by molar-refractivity contribution is 7.16. The minimum atomic E-state index is -0.562. The Bertz CT molecular complexity index is 702. The van der Waals surface area contributed by atoms with E-state index in [4.69, 9.17) is 5.73 Å². The first-order chi connectivity index (χ1) is 11.0. The fraction of sp³-hybridized carbons (Fsp3) is 0.312. The van der Waals surface area contributed by atoms with Crippen LogP contribution in [0.1, 0.15) is 29.4 Å². The van der Waals surface area contributed by atoms with Gasteiger partial charge in [0, 0.05) is 12.1 Å². The Balaban J connectivity index is 2.22. The monoisotopic (exact) mass is 335 g/mol. The predicted octanol–water partition coefficient (Wildman–Crippen LogP) is 2.68. The fourth-order valence-corrected chi connectivity index (χ4v) is 2.99. The summed E-state index contributed by atoms with van der Waals surface area (Å²) in [6, 6.07) is 6.26. The summed E-state index contributed by atoms with van der Waals surface area (Å²) in [7, 11) is 0. The summed E-state index contributed by atoms with van der Waals surface area (Å²) in [6.45, 7) is 2.31. The maximum atomic E-state index is 13.8. The van der Waals surface area contributed by atoms with Crippen LogP contribution in [0.3, 0.4) is 0 Å². The largest absolute Gasteiger partial charge is 0.368 e. The van der Waals surface area contributed by atoms with Crippen LogP contribution in [0, 0.1) is 5.82 Å². The minimum Gasteiger partial charge on any atom is -0.368 e. The molecule has 5 nitrogen and oxygen atoms in total. The van der Waals surface area contributed by atoms with Crippen LogP contribution in [0.25, 0.3) is 10.6 Å². The van der Waals surface area contributed by atoms with Crippen molar-refractivity contribution in [2.24, 2.45) is 5.73 Å². The number of benzene rings is 1. The number of rotatable bonds is 7. The van der Waals surface area contributed by atoms with E-state index in [0.29, 0.717) is 22.0 Å². The zero-order valence-electron chi connectivity index (χ0n) is 12.8. The van der Waals surface area contributed by atoms with Crippen molar-refractivity contribution >= 4 is 23.2 Å². The lowest BCUT2D eigenvalue weighted by molar-refractivity contribution is -0.118. The standard InChI is InChI=1S/C16H18FN3O2S/c1-2-3-8-20(10-14(18)21)16(22)13-9-19-15(23-13)11-6-4-5-7-12(11)17/h4-7,9H,2-3,8,10H2,1H3,(H2,18,21). The maximum absolute atomic E-state index is 13.8. The highest BCUT2D eigenvalue weighted by Gasteiger charge is 2.20. The third kappa shape index (κ3) is 4.35. The number of aromatic nitrogens is 1. The zero-order valence-corrected chi connectivity index (χ0v) is 13.6. The average Bonchev–Trinajstić information content (AvgIpc) is 3.00. The van der Waals surface area contributed by atoms with E-state index in [0.717, 1.165) is 24.2 Å². The Morgan fingerprint density at radius 3 is 2.74 bits per heavy atom. The van der Waals surface area contributed by atoms with Gasteiger partial charge < -0.3 is 10.6 Å². The number of thiazole rings is 1. The summed E-state index contributed by atoms with van der Waals surface area (Å²) in [5, 5.41) is 0.431. The van der Waals surface area contributed by atoms with Crippen LogP contribution < -0.4 is 5.73 Å². The molecule has 0 aliphatic heterocycles. The molecule has 2 amide bonds. The first-order valence-electron chi connectivity index (χ1n) is 7.31. The van der Waals surface area contributed by atoms with Gasteiger partial charge in [0.25, 0.3) is 5.91 Å². The lowest BCUT2D eigenvalue weighted by Gasteiger charge is -2.19. The number of amides is 2. The number of unbranched alkanes of at least 4 members (excludes halogenated alkanes) is 1. The summed E-state index contributed by atoms with van der Waals surface area (Å²) < 4.78 is 13.8. The van der Waals surface area contributed by atoms with Gasteiger partial charge in [0.1, 0.15) is 15.7 Å². The topological polar surface area (TPSA) is 76.3 Å². The molecule has 122 valence electrons. The fourth-order valence-electron chi connectivity index (χ4n) is 2.08. The Morgan fingerprint density at radius 2 is 2.09 bits per heavy atom. The molecule has 0 aliphatic rings. The molecule has 0 aliphatic carbocycles. The number of carbonyl (C=O) groups excluding carboxylic acids is 2. The third-order valence-corrected chi connectivity index (χ3v) is 4.25. The molecule has 7 heteroatoms. The second-order valence-corrected chi connectivity index (χ2v) is 6.09. The minimum absolute atomic E-state index is 0.133. The van der Waals surface area contributed by atoms with E-state index in [9.17, 15) is 14.0 Å². The van der Waals surface area contributed by atoms with Crippen molar-refractivity contribution in [3.63, 3.8) is 0 Å². The second kappa shape index (κ2) is 7.82. The molecule has 1 aromatic carbocycles. The summed E-state index contributed by atoms with van der Waals surface area (Å²) in [6.07, 6.45) is 3.08. The van der Waals surface area contributed by atoms with Crippen molar-refractivity contribution in [1.82, 2.24) is 9.88 Å². The molecule has 0 saturated heterocycles. The van der Waals surface area contributed by atoms with Gasteiger partial charge in [-0.1, -0.05) is 25.5 Å². The van der Waals surface area contributed by atoms with Gasteiger partial charge in [-0.25, -0.2) is 9.37 Å². The zero-order chi connectivity index (χ0) is 16.8. The van der Waals surface area contributed by atoms with Crippen molar-refractivity contribution in [3.8, 4) is 10.6 Å². The lowest BCUT2D eigenvalue weighted by atomic mass is 10.2. The number of hydrogen-bond acceptors (Lipinski definition) is 4. The van der Waals surface area contributed by atoms with Crippen molar-refractivity contribution in [2.45, 2.75) is 19.8 Å². The number of nitrogens with zero attached hydrogens (tertiary/aromatic N) is 2. The van der Waals surface area contributed by atoms with E-state index < -0.39 is 5.91 Å².